The summed E-state index contributed by atoms with van der Waals surface area (Å²) >= 11 is 0. The molecule has 21 heavy (non-hydrogen) atoms. The van der Waals surface area contributed by atoms with E-state index in [0.717, 1.165) is 12.1 Å². The van der Waals surface area contributed by atoms with E-state index in [-0.39, 0.29) is 17.2 Å². The van der Waals surface area contributed by atoms with Crippen molar-refractivity contribution in [2.45, 2.75) is 6.42 Å². The van der Waals surface area contributed by atoms with Gasteiger partial charge in [-0.15, -0.1) is 0 Å². The van der Waals surface area contributed by atoms with Crippen molar-refractivity contribution in [3.63, 3.8) is 0 Å². The largest absolute Gasteiger partial charge is 0.478 e. The van der Waals surface area contributed by atoms with E-state index < -0.39 is 17.3 Å². The van der Waals surface area contributed by atoms with Gasteiger partial charge in [-0.2, -0.15) is 0 Å². The van der Waals surface area contributed by atoms with Crippen LogP contribution in [0.1, 0.15) is 15.9 Å². The molecule has 0 saturated carbocycles. The normalized spacial score (nSPS) is 10.4. The molecule has 2 aromatic carbocycles. The second-order valence-electron chi connectivity index (χ2n) is 4.49. The van der Waals surface area contributed by atoms with E-state index in [2.05, 4.69) is 5.32 Å². The van der Waals surface area contributed by atoms with Gasteiger partial charge in [0, 0.05) is 6.54 Å². The molecule has 0 aliphatic heterocycles. The van der Waals surface area contributed by atoms with Gasteiger partial charge in [-0.05, 0) is 30.2 Å². The van der Waals surface area contributed by atoms with Gasteiger partial charge >= 0.3 is 5.97 Å². The molecule has 0 heterocycles. The average molecular weight is 292 g/mol. The Labute approximate surface area is 120 Å². The molecule has 0 aliphatic carbocycles. The molecule has 110 valence electrons. The number of anilines is 2. The number of rotatable bonds is 5. The molecule has 0 fully saturated rings. The minimum Gasteiger partial charge on any atom is -0.478 e. The SMILES string of the molecule is Nc1cc(C(=O)O)c(F)cc1NCCc1ccccc1F. The Kier molecular flexibility index (Phi) is 4.37. The Morgan fingerprint density at radius 1 is 1.19 bits per heavy atom. The number of carboxylic acid groups (broad SMARTS) is 1. The highest BCUT2D eigenvalue weighted by Crippen LogP contribution is 2.23. The second kappa shape index (κ2) is 6.21. The van der Waals surface area contributed by atoms with Crippen molar-refractivity contribution >= 4 is 17.3 Å². The zero-order valence-corrected chi connectivity index (χ0v) is 11.1. The van der Waals surface area contributed by atoms with E-state index in [1.165, 1.54) is 6.07 Å². The summed E-state index contributed by atoms with van der Waals surface area (Å²) in [5, 5.41) is 11.6. The van der Waals surface area contributed by atoms with Crippen LogP contribution in [0.5, 0.6) is 0 Å². The van der Waals surface area contributed by atoms with Crippen LogP contribution in [0.25, 0.3) is 0 Å². The van der Waals surface area contributed by atoms with E-state index in [9.17, 15) is 13.6 Å². The molecule has 4 nitrogen and oxygen atoms in total. The number of nitrogens with two attached hydrogens (primary N) is 1. The van der Waals surface area contributed by atoms with Crippen molar-refractivity contribution in [3.05, 3.63) is 59.2 Å². The monoisotopic (exact) mass is 292 g/mol. The van der Waals surface area contributed by atoms with Crippen molar-refractivity contribution in [3.8, 4) is 0 Å². The van der Waals surface area contributed by atoms with E-state index in [1.54, 1.807) is 18.2 Å². The molecule has 2 rings (SSSR count). The average Bonchev–Trinajstić information content (AvgIpc) is 2.44. The molecule has 0 amide bonds. The number of halogens is 2. The number of nitrogens with one attached hydrogen (secondary N) is 1. The smallest absolute Gasteiger partial charge is 0.338 e. The fraction of sp³-hybridized carbons (Fsp3) is 0.133. The van der Waals surface area contributed by atoms with Crippen LogP contribution in [-0.4, -0.2) is 17.6 Å². The number of carboxylic acids is 1. The Hall–Kier alpha value is -2.63. The first kappa shape index (κ1) is 14.8. The first-order chi connectivity index (χ1) is 9.99. The minimum absolute atomic E-state index is 0.127. The maximum Gasteiger partial charge on any atom is 0.338 e. The van der Waals surface area contributed by atoms with Crippen molar-refractivity contribution < 1.29 is 18.7 Å². The Morgan fingerprint density at radius 3 is 2.57 bits per heavy atom. The number of hydrogen-bond acceptors (Lipinski definition) is 3. The summed E-state index contributed by atoms with van der Waals surface area (Å²) in [7, 11) is 0. The van der Waals surface area contributed by atoms with Crippen LogP contribution in [0.3, 0.4) is 0 Å². The van der Waals surface area contributed by atoms with E-state index in [4.69, 9.17) is 10.8 Å². The third-order valence-corrected chi connectivity index (χ3v) is 3.04. The standard InChI is InChI=1S/C15H14F2N2O2/c16-11-4-2-1-3-9(11)5-6-19-14-8-12(17)10(15(20)21)7-13(14)18/h1-4,7-8,19H,5-6,18H2,(H,20,21). The molecule has 0 unspecified atom stereocenters. The van der Waals surface area contributed by atoms with E-state index in [1.807, 2.05) is 0 Å². The molecule has 0 bridgehead atoms. The third-order valence-electron chi connectivity index (χ3n) is 3.04. The van der Waals surface area contributed by atoms with Crippen LogP contribution >= 0.6 is 0 Å². The lowest BCUT2D eigenvalue weighted by Gasteiger charge is -2.11. The number of benzene rings is 2. The predicted octanol–water partition coefficient (Wildman–Crippen LogP) is 2.90. The van der Waals surface area contributed by atoms with Gasteiger partial charge in [-0.25, -0.2) is 13.6 Å². The molecule has 2 aromatic rings. The maximum absolute atomic E-state index is 13.6. The summed E-state index contributed by atoms with van der Waals surface area (Å²) < 4.78 is 27.0. The Morgan fingerprint density at radius 2 is 1.90 bits per heavy atom. The summed E-state index contributed by atoms with van der Waals surface area (Å²) in [6.45, 7) is 0.344. The molecule has 0 saturated heterocycles. The molecular formula is C15H14F2N2O2. The van der Waals surface area contributed by atoms with Gasteiger partial charge in [-0.1, -0.05) is 18.2 Å². The highest BCUT2D eigenvalue weighted by molar-refractivity contribution is 5.90. The molecule has 0 spiro atoms. The van der Waals surface area contributed by atoms with Crippen LogP contribution in [0, 0.1) is 11.6 Å². The van der Waals surface area contributed by atoms with Gasteiger partial charge in [0.1, 0.15) is 11.6 Å². The van der Waals surface area contributed by atoms with Crippen LogP contribution in [0.4, 0.5) is 20.2 Å². The highest BCUT2D eigenvalue weighted by atomic mass is 19.1. The topological polar surface area (TPSA) is 75.4 Å². The predicted molar refractivity (Wildman–Crippen MR) is 76.4 cm³/mol. The van der Waals surface area contributed by atoms with Crippen molar-refractivity contribution in [2.75, 3.05) is 17.6 Å². The molecule has 0 atom stereocenters. The lowest BCUT2D eigenvalue weighted by Crippen LogP contribution is -2.10. The fourth-order valence-corrected chi connectivity index (χ4v) is 1.94. The number of hydrogen-bond donors (Lipinski definition) is 3. The van der Waals surface area contributed by atoms with Crippen LogP contribution in [0.2, 0.25) is 0 Å². The molecule has 0 aromatic heterocycles. The fourth-order valence-electron chi connectivity index (χ4n) is 1.94. The summed E-state index contributed by atoms with van der Waals surface area (Å²) in [5.41, 5.74) is 6.14. The summed E-state index contributed by atoms with van der Waals surface area (Å²) in [6.07, 6.45) is 0.397. The molecular weight excluding hydrogens is 278 g/mol. The lowest BCUT2D eigenvalue weighted by molar-refractivity contribution is 0.0692. The van der Waals surface area contributed by atoms with Crippen molar-refractivity contribution in [1.82, 2.24) is 0 Å². The molecule has 4 N–H and O–H groups in total. The van der Waals surface area contributed by atoms with Gasteiger partial charge in [-0.3, -0.25) is 0 Å². The minimum atomic E-state index is -1.38. The number of aromatic carboxylic acids is 1. The van der Waals surface area contributed by atoms with Crippen LogP contribution in [0.15, 0.2) is 36.4 Å². The highest BCUT2D eigenvalue weighted by Gasteiger charge is 2.13. The van der Waals surface area contributed by atoms with Gasteiger partial charge < -0.3 is 16.2 Å². The first-order valence-electron chi connectivity index (χ1n) is 6.28. The molecule has 0 aliphatic rings. The quantitative estimate of drug-likeness (QED) is 0.741. The zero-order chi connectivity index (χ0) is 15.4. The van der Waals surface area contributed by atoms with Gasteiger partial charge in [0.2, 0.25) is 0 Å². The van der Waals surface area contributed by atoms with Crippen molar-refractivity contribution in [1.29, 1.82) is 0 Å². The van der Waals surface area contributed by atoms with Crippen LogP contribution < -0.4 is 11.1 Å². The number of carbonyl (C=O) groups is 1. The Bertz CT molecular complexity index is 675. The maximum atomic E-state index is 13.6. The van der Waals surface area contributed by atoms with Crippen molar-refractivity contribution in [2.24, 2.45) is 0 Å². The summed E-state index contributed by atoms with van der Waals surface area (Å²) in [4.78, 5) is 10.8. The van der Waals surface area contributed by atoms with Gasteiger partial charge in [0.25, 0.3) is 0 Å². The number of nitrogen functional groups attached to an aromatic ring is 1. The lowest BCUT2D eigenvalue weighted by atomic mass is 10.1. The second-order valence-corrected chi connectivity index (χ2v) is 4.49. The molecule has 0 radical (unpaired) electrons. The Balaban J connectivity index is 2.06. The summed E-state index contributed by atoms with van der Waals surface area (Å²) in [6, 6.07) is 8.45. The van der Waals surface area contributed by atoms with E-state index >= 15 is 0 Å². The first-order valence-corrected chi connectivity index (χ1v) is 6.28. The van der Waals surface area contributed by atoms with E-state index in [0.29, 0.717) is 18.5 Å². The summed E-state index contributed by atoms with van der Waals surface area (Å²) in [5.74, 6) is -2.55. The third kappa shape index (κ3) is 3.47. The van der Waals surface area contributed by atoms with Gasteiger partial charge in [0.15, 0.2) is 0 Å². The van der Waals surface area contributed by atoms with Gasteiger partial charge in [0.05, 0.1) is 16.9 Å². The zero-order valence-electron chi connectivity index (χ0n) is 11.1. The molecule has 6 heteroatoms. The van der Waals surface area contributed by atoms with Crippen LogP contribution in [-0.2, 0) is 6.42 Å².